The molecule has 0 unspecified atom stereocenters. The Kier molecular flexibility index (Phi) is 9.26. The molecule has 0 atom stereocenters. The van der Waals surface area contributed by atoms with E-state index in [0.29, 0.717) is 40.2 Å². The van der Waals surface area contributed by atoms with E-state index in [0.717, 1.165) is 20.1 Å². The van der Waals surface area contributed by atoms with Gasteiger partial charge in [0.15, 0.2) is 27.3 Å². The lowest BCUT2D eigenvalue weighted by atomic mass is 10.1. The number of fused-ring (bicyclic) bond motifs is 1. The molecular formula is C28H30N2O7S2. The predicted molar refractivity (Wildman–Crippen MR) is 154 cm³/mol. The third kappa shape index (κ3) is 6.10. The minimum atomic E-state index is -0.137. The highest BCUT2D eigenvalue weighted by molar-refractivity contribution is 8.01. The maximum Gasteiger partial charge on any atom is 0.237 e. The van der Waals surface area contributed by atoms with Crippen LogP contribution in [0.4, 0.5) is 5.69 Å². The number of carbonyl (C=O) groups is 1. The number of para-hydroxylation sites is 1. The van der Waals surface area contributed by atoms with Gasteiger partial charge in [-0.25, -0.2) is 4.98 Å². The van der Waals surface area contributed by atoms with Crippen molar-refractivity contribution in [3.63, 3.8) is 0 Å². The molecule has 4 rings (SSSR count). The summed E-state index contributed by atoms with van der Waals surface area (Å²) in [5.41, 5.74) is 2.26. The van der Waals surface area contributed by atoms with E-state index in [1.807, 2.05) is 36.4 Å². The van der Waals surface area contributed by atoms with Crippen molar-refractivity contribution in [2.45, 2.75) is 10.9 Å². The number of thiazole rings is 1. The van der Waals surface area contributed by atoms with Crippen molar-refractivity contribution in [3.05, 3.63) is 54.1 Å². The van der Waals surface area contributed by atoms with Gasteiger partial charge in [0.1, 0.15) is 0 Å². The summed E-state index contributed by atoms with van der Waals surface area (Å²) >= 11 is 2.96. The van der Waals surface area contributed by atoms with Crippen molar-refractivity contribution in [1.82, 2.24) is 4.98 Å². The van der Waals surface area contributed by atoms with Crippen LogP contribution in [-0.2, 0) is 11.3 Å². The predicted octanol–water partition coefficient (Wildman–Crippen LogP) is 5.67. The fourth-order valence-electron chi connectivity index (χ4n) is 4.07. The standard InChI is InChI=1S/C28H30N2O7S2/c1-32-20-11-17(12-21(33-2)26(20)36-5)15-30(18-13-22(34-3)27(37-6)23(14-18)35-4)25(31)16-38-28-29-19-9-7-8-10-24(19)39-28/h7-14H,15-16H2,1-6H3. The number of hydrogen-bond acceptors (Lipinski definition) is 10. The molecule has 0 aliphatic rings. The van der Waals surface area contributed by atoms with Gasteiger partial charge in [-0.3, -0.25) is 4.79 Å². The molecule has 206 valence electrons. The van der Waals surface area contributed by atoms with Gasteiger partial charge in [-0.05, 0) is 29.8 Å². The second-order valence-corrected chi connectivity index (χ2v) is 10.4. The Morgan fingerprint density at radius 1 is 0.795 bits per heavy atom. The van der Waals surface area contributed by atoms with Crippen LogP contribution in [0.3, 0.4) is 0 Å². The van der Waals surface area contributed by atoms with E-state index in [1.165, 1.54) is 33.1 Å². The molecule has 39 heavy (non-hydrogen) atoms. The first-order chi connectivity index (χ1) is 19.0. The first kappa shape index (κ1) is 28.2. The maximum atomic E-state index is 13.8. The number of amides is 1. The van der Waals surface area contributed by atoms with Crippen LogP contribution in [-0.4, -0.2) is 59.3 Å². The molecule has 0 saturated carbocycles. The summed E-state index contributed by atoms with van der Waals surface area (Å²) in [4.78, 5) is 20.1. The number of anilines is 1. The average molecular weight is 571 g/mol. The van der Waals surface area contributed by atoms with Crippen molar-refractivity contribution in [2.75, 3.05) is 53.3 Å². The quantitative estimate of drug-likeness (QED) is 0.200. The Hall–Kier alpha value is -3.83. The van der Waals surface area contributed by atoms with Gasteiger partial charge in [0.05, 0.1) is 70.9 Å². The molecule has 4 aromatic rings. The number of rotatable bonds is 12. The lowest BCUT2D eigenvalue weighted by Gasteiger charge is -2.25. The van der Waals surface area contributed by atoms with E-state index in [-0.39, 0.29) is 18.2 Å². The number of benzene rings is 3. The van der Waals surface area contributed by atoms with Gasteiger partial charge in [0.25, 0.3) is 0 Å². The van der Waals surface area contributed by atoms with Gasteiger partial charge < -0.3 is 33.3 Å². The van der Waals surface area contributed by atoms with Gasteiger partial charge in [-0.15, -0.1) is 11.3 Å². The zero-order valence-corrected chi connectivity index (χ0v) is 24.2. The number of aromatic nitrogens is 1. The zero-order chi connectivity index (χ0) is 27.9. The van der Waals surface area contributed by atoms with Gasteiger partial charge in [-0.2, -0.15) is 0 Å². The topological polar surface area (TPSA) is 88.6 Å². The third-order valence-electron chi connectivity index (χ3n) is 5.92. The van der Waals surface area contributed by atoms with Crippen LogP contribution in [0.1, 0.15) is 5.56 Å². The van der Waals surface area contributed by atoms with Crippen LogP contribution in [0, 0.1) is 0 Å². The van der Waals surface area contributed by atoms with Gasteiger partial charge in [-0.1, -0.05) is 23.9 Å². The Labute approximate surface area is 235 Å². The zero-order valence-electron chi connectivity index (χ0n) is 22.6. The molecule has 3 aromatic carbocycles. The summed E-state index contributed by atoms with van der Waals surface area (Å²) < 4.78 is 35.0. The van der Waals surface area contributed by atoms with Crippen LogP contribution >= 0.6 is 23.1 Å². The molecule has 1 amide bonds. The van der Waals surface area contributed by atoms with Crippen molar-refractivity contribution < 1.29 is 33.2 Å². The minimum Gasteiger partial charge on any atom is -0.493 e. The first-order valence-electron chi connectivity index (χ1n) is 11.8. The summed E-state index contributed by atoms with van der Waals surface area (Å²) in [7, 11) is 9.26. The number of hydrogen-bond donors (Lipinski definition) is 0. The molecule has 0 bridgehead atoms. The first-order valence-corrected chi connectivity index (χ1v) is 13.6. The molecule has 0 radical (unpaired) electrons. The highest BCUT2D eigenvalue weighted by Gasteiger charge is 2.24. The molecule has 0 saturated heterocycles. The second kappa shape index (κ2) is 12.8. The Bertz CT molecular complexity index is 1370. The van der Waals surface area contributed by atoms with Crippen molar-refractivity contribution in [1.29, 1.82) is 0 Å². The van der Waals surface area contributed by atoms with Gasteiger partial charge >= 0.3 is 0 Å². The second-order valence-electron chi connectivity index (χ2n) is 8.13. The van der Waals surface area contributed by atoms with E-state index < -0.39 is 0 Å². The van der Waals surface area contributed by atoms with Crippen LogP contribution in [0.2, 0.25) is 0 Å². The number of nitrogens with zero attached hydrogens (tertiary/aromatic N) is 2. The maximum absolute atomic E-state index is 13.8. The third-order valence-corrected chi connectivity index (χ3v) is 8.08. The smallest absolute Gasteiger partial charge is 0.237 e. The molecule has 0 N–H and O–H groups in total. The van der Waals surface area contributed by atoms with E-state index >= 15 is 0 Å². The van der Waals surface area contributed by atoms with E-state index in [9.17, 15) is 4.79 Å². The highest BCUT2D eigenvalue weighted by atomic mass is 32.2. The SMILES string of the molecule is COc1cc(CN(C(=O)CSc2nc3ccccc3s2)c2cc(OC)c(OC)c(OC)c2)cc(OC)c1OC. The molecule has 0 aliphatic heterocycles. The lowest BCUT2D eigenvalue weighted by Crippen LogP contribution is -2.32. The Balaban J connectivity index is 1.72. The number of carbonyl (C=O) groups excluding carboxylic acids is 1. The fourth-order valence-corrected chi connectivity index (χ4v) is 6.01. The van der Waals surface area contributed by atoms with Crippen molar-refractivity contribution in [3.8, 4) is 34.5 Å². The molecule has 9 nitrogen and oxygen atoms in total. The summed E-state index contributed by atoms with van der Waals surface area (Å²) in [6, 6.07) is 15.0. The molecule has 0 spiro atoms. The Morgan fingerprint density at radius 3 is 1.85 bits per heavy atom. The summed E-state index contributed by atoms with van der Waals surface area (Å²) in [5, 5.41) is 0. The summed E-state index contributed by atoms with van der Waals surface area (Å²) in [5.74, 6) is 2.81. The summed E-state index contributed by atoms with van der Waals surface area (Å²) in [6.07, 6.45) is 0. The monoisotopic (exact) mass is 570 g/mol. The van der Waals surface area contributed by atoms with Crippen LogP contribution in [0.25, 0.3) is 10.2 Å². The van der Waals surface area contributed by atoms with Crippen LogP contribution in [0.5, 0.6) is 34.5 Å². The van der Waals surface area contributed by atoms with E-state index in [4.69, 9.17) is 28.4 Å². The van der Waals surface area contributed by atoms with E-state index in [2.05, 4.69) is 4.98 Å². The average Bonchev–Trinajstić information content (AvgIpc) is 3.40. The van der Waals surface area contributed by atoms with Crippen LogP contribution < -0.4 is 33.3 Å². The minimum absolute atomic E-state index is 0.137. The molecule has 11 heteroatoms. The van der Waals surface area contributed by atoms with Crippen molar-refractivity contribution in [2.24, 2.45) is 0 Å². The summed E-state index contributed by atoms with van der Waals surface area (Å²) in [6.45, 7) is 0.217. The molecule has 1 heterocycles. The fraction of sp³-hybridized carbons (Fsp3) is 0.286. The number of methoxy groups -OCH3 is 6. The largest absolute Gasteiger partial charge is 0.493 e. The van der Waals surface area contributed by atoms with E-state index in [1.54, 1.807) is 49.7 Å². The molecular weight excluding hydrogens is 540 g/mol. The molecule has 0 aliphatic carbocycles. The number of ether oxygens (including phenoxy) is 6. The normalized spacial score (nSPS) is 10.7. The van der Waals surface area contributed by atoms with Gasteiger partial charge in [0, 0.05) is 12.1 Å². The van der Waals surface area contributed by atoms with Crippen LogP contribution in [0.15, 0.2) is 52.9 Å². The Morgan fingerprint density at radius 2 is 1.33 bits per heavy atom. The highest BCUT2D eigenvalue weighted by Crippen LogP contribution is 2.43. The molecule has 0 fully saturated rings. The number of thioether (sulfide) groups is 1. The lowest BCUT2D eigenvalue weighted by molar-refractivity contribution is -0.116. The van der Waals surface area contributed by atoms with Gasteiger partial charge in [0.2, 0.25) is 17.4 Å². The molecule has 1 aromatic heterocycles. The van der Waals surface area contributed by atoms with Crippen molar-refractivity contribution >= 4 is 44.9 Å².